The highest BCUT2D eigenvalue weighted by atomic mass is 19.1. The molecule has 1 aromatic heterocycles. The van der Waals surface area contributed by atoms with Gasteiger partial charge in [-0.2, -0.15) is 0 Å². The van der Waals surface area contributed by atoms with E-state index in [2.05, 4.69) is 10.3 Å². The zero-order valence-corrected chi connectivity index (χ0v) is 15.2. The maximum absolute atomic E-state index is 13.9. The van der Waals surface area contributed by atoms with Crippen molar-refractivity contribution in [1.82, 2.24) is 15.2 Å². The molecule has 0 saturated heterocycles. The van der Waals surface area contributed by atoms with E-state index >= 15 is 0 Å². The van der Waals surface area contributed by atoms with Gasteiger partial charge in [0, 0.05) is 32.6 Å². The third kappa shape index (κ3) is 5.42. The molecule has 0 radical (unpaired) electrons. The predicted octanol–water partition coefficient (Wildman–Crippen LogP) is 3.15. The lowest BCUT2D eigenvalue weighted by Crippen LogP contribution is -2.42. The molecule has 1 N–H and O–H groups in total. The number of benzene rings is 1. The molecule has 2 aromatic rings. The van der Waals surface area contributed by atoms with E-state index in [1.165, 1.54) is 13.2 Å². The van der Waals surface area contributed by atoms with E-state index in [0.29, 0.717) is 25.3 Å². The number of hydrogen-bond acceptors (Lipinski definition) is 4. The number of methoxy groups -OCH3 is 2. The van der Waals surface area contributed by atoms with Crippen molar-refractivity contribution in [2.24, 2.45) is 0 Å². The smallest absolute Gasteiger partial charge is 0.318 e. The van der Waals surface area contributed by atoms with Gasteiger partial charge in [0.1, 0.15) is 0 Å². The van der Waals surface area contributed by atoms with Crippen molar-refractivity contribution >= 4 is 6.03 Å². The normalized spacial score (nSPS) is 11.7. The van der Waals surface area contributed by atoms with Gasteiger partial charge >= 0.3 is 6.03 Å². The lowest BCUT2D eigenvalue weighted by Gasteiger charge is -2.25. The molecule has 1 aromatic carbocycles. The molecule has 0 aliphatic carbocycles. The molecule has 0 aliphatic heterocycles. The molecule has 6 nitrogen and oxygen atoms in total. The first-order valence-corrected chi connectivity index (χ1v) is 8.32. The van der Waals surface area contributed by atoms with Gasteiger partial charge in [-0.15, -0.1) is 0 Å². The Balaban J connectivity index is 2.06. The maximum atomic E-state index is 13.9. The first-order valence-electron chi connectivity index (χ1n) is 8.32. The zero-order valence-electron chi connectivity index (χ0n) is 15.2. The summed E-state index contributed by atoms with van der Waals surface area (Å²) in [5.41, 5.74) is 1.63. The third-order valence-electron chi connectivity index (χ3n) is 3.99. The van der Waals surface area contributed by atoms with Crippen molar-refractivity contribution in [1.29, 1.82) is 0 Å². The van der Waals surface area contributed by atoms with Crippen LogP contribution in [0.15, 0.2) is 42.7 Å². The number of carbonyl (C=O) groups excluding carboxylic acids is 1. The molecule has 2 rings (SSSR count). The van der Waals surface area contributed by atoms with Gasteiger partial charge in [-0.05, 0) is 42.3 Å². The Morgan fingerprint density at radius 1 is 1.27 bits per heavy atom. The molecule has 0 saturated carbocycles. The van der Waals surface area contributed by atoms with Crippen LogP contribution in [0.2, 0.25) is 0 Å². The Bertz CT molecular complexity index is 712. The molecule has 0 bridgehead atoms. The second kappa shape index (κ2) is 9.72. The summed E-state index contributed by atoms with van der Waals surface area (Å²) < 4.78 is 23.9. The Kier molecular flexibility index (Phi) is 7.35. The van der Waals surface area contributed by atoms with Crippen molar-refractivity contribution in [3.8, 4) is 5.75 Å². The summed E-state index contributed by atoms with van der Waals surface area (Å²) in [6, 6.07) is 7.76. The molecular formula is C19H24FN3O3. The topological polar surface area (TPSA) is 63.7 Å². The van der Waals surface area contributed by atoms with Crippen LogP contribution >= 0.6 is 0 Å². The minimum atomic E-state index is -0.459. The molecule has 1 atom stereocenters. The van der Waals surface area contributed by atoms with E-state index in [9.17, 15) is 9.18 Å². The van der Waals surface area contributed by atoms with Gasteiger partial charge in [-0.3, -0.25) is 4.98 Å². The van der Waals surface area contributed by atoms with Crippen LogP contribution in [0, 0.1) is 5.82 Å². The lowest BCUT2D eigenvalue weighted by atomic mass is 10.1. The Labute approximate surface area is 152 Å². The van der Waals surface area contributed by atoms with Crippen LogP contribution < -0.4 is 10.1 Å². The van der Waals surface area contributed by atoms with Crippen LogP contribution in [0.5, 0.6) is 5.75 Å². The molecular weight excluding hydrogens is 337 g/mol. The van der Waals surface area contributed by atoms with Crippen LogP contribution in [0.3, 0.4) is 0 Å². The number of pyridine rings is 1. The Morgan fingerprint density at radius 3 is 2.62 bits per heavy atom. The van der Waals surface area contributed by atoms with Gasteiger partial charge < -0.3 is 19.7 Å². The number of nitrogens with one attached hydrogen (secondary N) is 1. The monoisotopic (exact) mass is 361 g/mol. The average molecular weight is 361 g/mol. The summed E-state index contributed by atoms with van der Waals surface area (Å²) in [4.78, 5) is 18.3. The fourth-order valence-electron chi connectivity index (χ4n) is 2.47. The van der Waals surface area contributed by atoms with Crippen molar-refractivity contribution in [2.75, 3.05) is 27.4 Å². The summed E-state index contributed by atoms with van der Waals surface area (Å²) in [5.74, 6) is -0.286. The van der Waals surface area contributed by atoms with Crippen molar-refractivity contribution in [3.05, 3.63) is 59.7 Å². The van der Waals surface area contributed by atoms with Crippen molar-refractivity contribution in [3.63, 3.8) is 0 Å². The number of aromatic nitrogens is 1. The summed E-state index contributed by atoms with van der Waals surface area (Å²) in [6.45, 7) is 3.10. The number of nitrogens with zero attached hydrogens (tertiary/aromatic N) is 2. The first-order chi connectivity index (χ1) is 12.5. The molecule has 7 heteroatoms. The number of amides is 2. The van der Waals surface area contributed by atoms with Gasteiger partial charge in [0.25, 0.3) is 0 Å². The second-order valence-corrected chi connectivity index (χ2v) is 5.83. The first kappa shape index (κ1) is 19.7. The van der Waals surface area contributed by atoms with Crippen molar-refractivity contribution < 1.29 is 18.7 Å². The number of hydrogen-bond donors (Lipinski definition) is 1. The number of ether oxygens (including phenoxy) is 2. The Morgan fingerprint density at radius 2 is 2.00 bits per heavy atom. The van der Waals surface area contributed by atoms with E-state index < -0.39 is 5.82 Å². The molecule has 26 heavy (non-hydrogen) atoms. The summed E-state index contributed by atoms with van der Waals surface area (Å²) in [7, 11) is 3.00. The van der Waals surface area contributed by atoms with E-state index in [0.717, 1.165) is 5.56 Å². The number of halogens is 1. The minimum absolute atomic E-state index is 0.173. The second-order valence-electron chi connectivity index (χ2n) is 5.83. The summed E-state index contributed by atoms with van der Waals surface area (Å²) >= 11 is 0. The van der Waals surface area contributed by atoms with E-state index in [4.69, 9.17) is 9.47 Å². The number of rotatable bonds is 8. The molecule has 1 unspecified atom stereocenters. The predicted molar refractivity (Wildman–Crippen MR) is 96.4 cm³/mol. The Hall–Kier alpha value is -2.67. The van der Waals surface area contributed by atoms with Crippen molar-refractivity contribution in [2.45, 2.75) is 19.5 Å². The highest BCUT2D eigenvalue weighted by Crippen LogP contribution is 2.22. The molecule has 2 amide bonds. The number of carbonyl (C=O) groups is 1. The molecule has 1 heterocycles. The quantitative estimate of drug-likeness (QED) is 0.785. The minimum Gasteiger partial charge on any atom is -0.494 e. The fraction of sp³-hybridized carbons (Fsp3) is 0.368. The van der Waals surface area contributed by atoms with Crippen LogP contribution in [0.1, 0.15) is 24.1 Å². The van der Waals surface area contributed by atoms with Crippen LogP contribution in [-0.2, 0) is 11.3 Å². The maximum Gasteiger partial charge on any atom is 0.318 e. The summed E-state index contributed by atoms with van der Waals surface area (Å²) in [6.07, 6.45) is 3.37. The molecule has 0 spiro atoms. The molecule has 140 valence electrons. The van der Waals surface area contributed by atoms with Crippen LogP contribution in [0.4, 0.5) is 9.18 Å². The highest BCUT2D eigenvalue weighted by Gasteiger charge is 2.18. The standard InChI is InChI=1S/C19H24FN3O3/c1-14(16-4-5-18(26-3)17(20)12-16)22-19(24)23(10-11-25-2)13-15-6-8-21-9-7-15/h4-9,12,14H,10-11,13H2,1-3H3,(H,22,24). The molecule has 0 aliphatic rings. The zero-order chi connectivity index (χ0) is 18.9. The van der Waals surface area contributed by atoms with Gasteiger partial charge in [0.2, 0.25) is 0 Å². The third-order valence-corrected chi connectivity index (χ3v) is 3.99. The van der Waals surface area contributed by atoms with Crippen LogP contribution in [-0.4, -0.2) is 43.3 Å². The van der Waals surface area contributed by atoms with E-state index in [1.54, 1.807) is 43.5 Å². The van der Waals surface area contributed by atoms with Crippen LogP contribution in [0.25, 0.3) is 0 Å². The van der Waals surface area contributed by atoms with Gasteiger partial charge in [0.05, 0.1) is 19.8 Å². The SMILES string of the molecule is COCCN(Cc1ccncc1)C(=O)NC(C)c1ccc(OC)c(F)c1. The lowest BCUT2D eigenvalue weighted by molar-refractivity contribution is 0.145. The van der Waals surface area contributed by atoms with E-state index in [1.807, 2.05) is 12.1 Å². The highest BCUT2D eigenvalue weighted by molar-refractivity contribution is 5.74. The van der Waals surface area contributed by atoms with Gasteiger partial charge in [-0.25, -0.2) is 9.18 Å². The summed E-state index contributed by atoms with van der Waals surface area (Å²) in [5, 5.41) is 2.90. The van der Waals surface area contributed by atoms with Gasteiger partial charge in [-0.1, -0.05) is 6.07 Å². The van der Waals surface area contributed by atoms with E-state index in [-0.39, 0.29) is 17.8 Å². The van der Waals surface area contributed by atoms with Gasteiger partial charge in [0.15, 0.2) is 11.6 Å². The average Bonchev–Trinajstić information content (AvgIpc) is 2.65. The largest absolute Gasteiger partial charge is 0.494 e. The fourth-order valence-corrected chi connectivity index (χ4v) is 2.47. The number of urea groups is 1. The molecule has 0 fully saturated rings.